The first kappa shape index (κ1) is 23.4. The monoisotopic (exact) mass is 485 g/mol. The quantitative estimate of drug-likeness (QED) is 0.388. The topological polar surface area (TPSA) is 103 Å². The van der Waals surface area contributed by atoms with Crippen LogP contribution in [0.15, 0.2) is 71.5 Å². The zero-order chi connectivity index (χ0) is 25.2. The first-order valence-electron chi connectivity index (χ1n) is 12.0. The molecule has 1 saturated carbocycles. The second kappa shape index (κ2) is 9.73. The van der Waals surface area contributed by atoms with Crippen molar-refractivity contribution in [1.29, 1.82) is 0 Å². The SMILES string of the molecule is COc1cc(NC(=O)c2ccc3c(c2)c(=O)n(-c2ccccc2)n3C2CCCCC2)ccc1C(=O)O. The molecule has 0 atom stereocenters. The largest absolute Gasteiger partial charge is 0.496 e. The predicted molar refractivity (Wildman–Crippen MR) is 138 cm³/mol. The lowest BCUT2D eigenvalue weighted by Gasteiger charge is -2.26. The number of hydrogen-bond donors (Lipinski definition) is 2. The number of aromatic carboxylic acids is 1. The number of carboxylic acid groups (broad SMARTS) is 1. The fraction of sp³-hybridized carbons (Fsp3) is 0.250. The summed E-state index contributed by atoms with van der Waals surface area (Å²) in [4.78, 5) is 38.1. The second-order valence-corrected chi connectivity index (χ2v) is 9.00. The van der Waals surface area contributed by atoms with Crippen LogP contribution in [-0.2, 0) is 0 Å². The van der Waals surface area contributed by atoms with E-state index in [0.29, 0.717) is 16.6 Å². The van der Waals surface area contributed by atoms with Crippen molar-refractivity contribution in [1.82, 2.24) is 9.36 Å². The van der Waals surface area contributed by atoms with Crippen LogP contribution in [0.5, 0.6) is 5.75 Å². The summed E-state index contributed by atoms with van der Waals surface area (Å²) in [6.45, 7) is 0. The van der Waals surface area contributed by atoms with Crippen LogP contribution < -0.4 is 15.6 Å². The molecule has 3 aromatic carbocycles. The highest BCUT2D eigenvalue weighted by Crippen LogP contribution is 2.32. The molecule has 2 N–H and O–H groups in total. The van der Waals surface area contributed by atoms with Gasteiger partial charge in [-0.3, -0.25) is 14.3 Å². The molecule has 5 rings (SSSR count). The van der Waals surface area contributed by atoms with Gasteiger partial charge in [0.1, 0.15) is 11.3 Å². The number of methoxy groups -OCH3 is 1. The summed E-state index contributed by atoms with van der Waals surface area (Å²) < 4.78 is 8.98. The smallest absolute Gasteiger partial charge is 0.339 e. The van der Waals surface area contributed by atoms with Crippen molar-refractivity contribution in [3.05, 3.63) is 88.2 Å². The average Bonchev–Trinajstić information content (AvgIpc) is 3.21. The third kappa shape index (κ3) is 4.26. The predicted octanol–water partition coefficient (Wildman–Crippen LogP) is 5.26. The number of nitrogens with zero attached hydrogens (tertiary/aromatic N) is 2. The van der Waals surface area contributed by atoms with Crippen LogP contribution >= 0.6 is 0 Å². The maximum absolute atomic E-state index is 13.6. The number of benzene rings is 3. The third-order valence-electron chi connectivity index (χ3n) is 6.75. The lowest BCUT2D eigenvalue weighted by atomic mass is 9.95. The molecule has 0 spiro atoms. The van der Waals surface area contributed by atoms with E-state index in [0.717, 1.165) is 36.9 Å². The maximum atomic E-state index is 13.6. The molecule has 4 aromatic rings. The van der Waals surface area contributed by atoms with Crippen LogP contribution in [0.25, 0.3) is 16.6 Å². The summed E-state index contributed by atoms with van der Waals surface area (Å²) in [6.07, 6.45) is 5.46. The molecule has 0 bridgehead atoms. The molecule has 1 heterocycles. The van der Waals surface area contributed by atoms with Gasteiger partial charge in [-0.2, -0.15) is 0 Å². The molecule has 0 aliphatic heterocycles. The number of carbonyl (C=O) groups excluding carboxylic acids is 1. The maximum Gasteiger partial charge on any atom is 0.339 e. The Morgan fingerprint density at radius 1 is 0.972 bits per heavy atom. The van der Waals surface area contributed by atoms with Crippen molar-refractivity contribution in [2.75, 3.05) is 12.4 Å². The molecule has 8 nitrogen and oxygen atoms in total. The first-order chi connectivity index (χ1) is 17.5. The molecule has 1 aromatic heterocycles. The fourth-order valence-corrected chi connectivity index (χ4v) is 5.01. The van der Waals surface area contributed by atoms with E-state index in [-0.39, 0.29) is 22.9 Å². The molecular weight excluding hydrogens is 458 g/mol. The Morgan fingerprint density at radius 3 is 2.42 bits per heavy atom. The molecule has 1 aliphatic rings. The van der Waals surface area contributed by atoms with E-state index in [2.05, 4.69) is 10.00 Å². The summed E-state index contributed by atoms with van der Waals surface area (Å²) >= 11 is 0. The Hall–Kier alpha value is -4.33. The number of nitrogens with one attached hydrogen (secondary N) is 1. The Bertz CT molecular complexity index is 1500. The van der Waals surface area contributed by atoms with Crippen molar-refractivity contribution in [3.63, 3.8) is 0 Å². The number of carboxylic acids is 1. The lowest BCUT2D eigenvalue weighted by molar-refractivity contribution is 0.0693. The molecule has 1 fully saturated rings. The molecule has 8 heteroatoms. The first-order valence-corrected chi connectivity index (χ1v) is 12.0. The molecule has 1 amide bonds. The van der Waals surface area contributed by atoms with E-state index in [1.165, 1.54) is 31.7 Å². The summed E-state index contributed by atoms with van der Waals surface area (Å²) in [5.41, 5.74) is 2.16. The van der Waals surface area contributed by atoms with Crippen molar-refractivity contribution in [3.8, 4) is 11.4 Å². The molecular formula is C28H27N3O5. The number of fused-ring (bicyclic) bond motifs is 1. The molecule has 0 unspecified atom stereocenters. The van der Waals surface area contributed by atoms with Crippen LogP contribution in [0.2, 0.25) is 0 Å². The number of ether oxygens (including phenoxy) is 1. The minimum atomic E-state index is -1.12. The van der Waals surface area contributed by atoms with Gasteiger partial charge >= 0.3 is 5.97 Å². The zero-order valence-corrected chi connectivity index (χ0v) is 19.9. The van der Waals surface area contributed by atoms with Gasteiger partial charge in [-0.05, 0) is 55.3 Å². The van der Waals surface area contributed by atoms with Crippen molar-refractivity contribution >= 4 is 28.5 Å². The molecule has 184 valence electrons. The number of para-hydroxylation sites is 1. The van der Waals surface area contributed by atoms with Gasteiger partial charge in [0.05, 0.1) is 29.7 Å². The lowest BCUT2D eigenvalue weighted by Crippen LogP contribution is -2.25. The third-order valence-corrected chi connectivity index (χ3v) is 6.75. The van der Waals surface area contributed by atoms with Gasteiger partial charge in [-0.15, -0.1) is 0 Å². The van der Waals surface area contributed by atoms with E-state index >= 15 is 0 Å². The normalized spacial score (nSPS) is 14.0. The fourth-order valence-electron chi connectivity index (χ4n) is 5.01. The van der Waals surface area contributed by atoms with Gasteiger partial charge in [-0.1, -0.05) is 37.5 Å². The second-order valence-electron chi connectivity index (χ2n) is 9.00. The van der Waals surface area contributed by atoms with Crippen molar-refractivity contribution in [2.24, 2.45) is 0 Å². The van der Waals surface area contributed by atoms with Crippen LogP contribution in [-0.4, -0.2) is 33.5 Å². The standard InChI is InChI=1S/C28H27N3O5/c1-36-25-17-19(13-14-22(25)28(34)35)29-26(32)18-12-15-24-23(16-18)27(33)31(21-10-6-3-7-11-21)30(24)20-8-4-2-5-9-20/h3,6-7,10-17,20H,2,4-5,8-9H2,1H3,(H,29,32)(H,34,35). The number of aromatic nitrogens is 2. The molecule has 36 heavy (non-hydrogen) atoms. The summed E-state index contributed by atoms with van der Waals surface area (Å²) in [5.74, 6) is -1.38. The van der Waals surface area contributed by atoms with Gasteiger partial charge in [0.15, 0.2) is 0 Å². The van der Waals surface area contributed by atoms with Crippen LogP contribution in [0.1, 0.15) is 58.9 Å². The Balaban J connectivity index is 1.55. The van der Waals surface area contributed by atoms with E-state index < -0.39 is 11.9 Å². The van der Waals surface area contributed by atoms with Gasteiger partial charge in [0.25, 0.3) is 11.5 Å². The van der Waals surface area contributed by atoms with Gasteiger partial charge < -0.3 is 15.2 Å². The van der Waals surface area contributed by atoms with E-state index in [1.54, 1.807) is 16.8 Å². The summed E-state index contributed by atoms with van der Waals surface area (Å²) in [5, 5.41) is 12.5. The van der Waals surface area contributed by atoms with E-state index in [9.17, 15) is 19.5 Å². The Morgan fingerprint density at radius 2 is 1.72 bits per heavy atom. The number of anilines is 1. The van der Waals surface area contributed by atoms with Crippen molar-refractivity contribution in [2.45, 2.75) is 38.1 Å². The number of rotatable bonds is 6. The summed E-state index contributed by atoms with van der Waals surface area (Å²) in [6, 6.07) is 19.3. The Labute approximate surface area is 207 Å². The molecule has 0 radical (unpaired) electrons. The van der Waals surface area contributed by atoms with Gasteiger partial charge in [-0.25, -0.2) is 9.48 Å². The van der Waals surface area contributed by atoms with Gasteiger partial charge in [0.2, 0.25) is 0 Å². The van der Waals surface area contributed by atoms with Crippen LogP contribution in [0, 0.1) is 0 Å². The zero-order valence-electron chi connectivity index (χ0n) is 19.9. The number of hydrogen-bond acceptors (Lipinski definition) is 4. The number of carbonyl (C=O) groups is 2. The van der Waals surface area contributed by atoms with Crippen molar-refractivity contribution < 1.29 is 19.4 Å². The molecule has 1 aliphatic carbocycles. The van der Waals surface area contributed by atoms with Gasteiger partial charge in [0, 0.05) is 17.3 Å². The van der Waals surface area contributed by atoms with E-state index in [4.69, 9.17) is 4.74 Å². The Kier molecular flexibility index (Phi) is 6.33. The minimum Gasteiger partial charge on any atom is -0.496 e. The molecule has 0 saturated heterocycles. The highest BCUT2D eigenvalue weighted by molar-refractivity contribution is 6.06. The average molecular weight is 486 g/mol. The summed E-state index contributed by atoms with van der Waals surface area (Å²) in [7, 11) is 1.37. The highest BCUT2D eigenvalue weighted by Gasteiger charge is 2.24. The van der Waals surface area contributed by atoms with Crippen LogP contribution in [0.4, 0.5) is 5.69 Å². The number of amides is 1. The van der Waals surface area contributed by atoms with E-state index in [1.807, 2.05) is 36.4 Å². The highest BCUT2D eigenvalue weighted by atomic mass is 16.5. The minimum absolute atomic E-state index is 0.00225. The van der Waals surface area contributed by atoms with Crippen LogP contribution in [0.3, 0.4) is 0 Å².